The standard InChI is InChI=1S/C39H42N4O5/c1-37-20-25-23-42-43(28-13-11-27(40)12-14-28)31(25)19-26(37)10-15-29-30-16-17-39(38(30,2)21-32(44)34(29)37,48-35(45)33-9-6-18-47-33)36(46)41-22-24-7-4-3-5-8-24/h3-9,11-14,18-19,23,29-30,32,34,44H,10,15-17,20-22,40H2,1-2H3,(H,41,46)/t29?,30?,32-,34?,37-,38-,39-/m0/s1. The number of carbonyl (C=O) groups is 2. The maximum atomic E-state index is 14.4. The van der Waals surface area contributed by atoms with Crippen LogP contribution in [0, 0.1) is 28.6 Å². The first-order chi connectivity index (χ1) is 23.1. The zero-order chi connectivity index (χ0) is 33.3. The molecule has 248 valence electrons. The number of aliphatic hydroxyl groups excluding tert-OH is 1. The second kappa shape index (κ2) is 11.2. The molecular formula is C39H42N4O5. The molecule has 0 radical (unpaired) electrons. The summed E-state index contributed by atoms with van der Waals surface area (Å²) in [6.07, 6.45) is 9.00. The number of allylic oxidation sites excluding steroid dienone is 1. The number of rotatable bonds is 6. The smallest absolute Gasteiger partial charge is 0.375 e. The van der Waals surface area contributed by atoms with Gasteiger partial charge in [-0.25, -0.2) is 9.48 Å². The minimum absolute atomic E-state index is 0.00689. The molecule has 4 N–H and O–H groups in total. The Kier molecular flexibility index (Phi) is 7.18. The Hall–Kier alpha value is -4.63. The van der Waals surface area contributed by atoms with Gasteiger partial charge in [0.15, 0.2) is 5.60 Å². The highest BCUT2D eigenvalue weighted by atomic mass is 16.6. The summed E-state index contributed by atoms with van der Waals surface area (Å²) in [7, 11) is 0. The number of benzene rings is 2. The predicted molar refractivity (Wildman–Crippen MR) is 181 cm³/mol. The molecule has 1 amide bonds. The second-order valence-corrected chi connectivity index (χ2v) is 14.7. The van der Waals surface area contributed by atoms with E-state index >= 15 is 0 Å². The molecule has 4 aliphatic carbocycles. The van der Waals surface area contributed by atoms with Gasteiger partial charge in [-0.1, -0.05) is 49.8 Å². The number of furan rings is 1. The van der Waals surface area contributed by atoms with Crippen molar-refractivity contribution < 1.29 is 23.8 Å². The quantitative estimate of drug-likeness (QED) is 0.170. The highest BCUT2D eigenvalue weighted by molar-refractivity contribution is 5.93. The highest BCUT2D eigenvalue weighted by Gasteiger charge is 2.71. The van der Waals surface area contributed by atoms with Crippen LogP contribution >= 0.6 is 0 Å². The molecule has 0 bridgehead atoms. The molecule has 7 atom stereocenters. The van der Waals surface area contributed by atoms with E-state index < -0.39 is 23.1 Å². The van der Waals surface area contributed by atoms with Crippen molar-refractivity contribution in [3.63, 3.8) is 0 Å². The number of anilines is 1. The summed E-state index contributed by atoms with van der Waals surface area (Å²) < 4.78 is 13.7. The molecule has 9 heteroatoms. The molecule has 3 saturated carbocycles. The highest BCUT2D eigenvalue weighted by Crippen LogP contribution is 2.68. The summed E-state index contributed by atoms with van der Waals surface area (Å²) in [4.78, 5) is 27.9. The lowest BCUT2D eigenvalue weighted by Crippen LogP contribution is -2.64. The fourth-order valence-electron chi connectivity index (χ4n) is 10.1. The fourth-order valence-corrected chi connectivity index (χ4v) is 10.1. The van der Waals surface area contributed by atoms with E-state index in [0.717, 1.165) is 48.2 Å². The average Bonchev–Trinajstić information content (AvgIpc) is 3.82. The zero-order valence-corrected chi connectivity index (χ0v) is 27.4. The average molecular weight is 647 g/mol. The van der Waals surface area contributed by atoms with Gasteiger partial charge in [-0.3, -0.25) is 4.79 Å². The maximum absolute atomic E-state index is 14.4. The molecule has 4 aliphatic rings. The summed E-state index contributed by atoms with van der Waals surface area (Å²) in [5.74, 6) is -0.693. The lowest BCUT2D eigenvalue weighted by atomic mass is 9.45. The van der Waals surface area contributed by atoms with Crippen LogP contribution in [0.4, 0.5) is 5.69 Å². The maximum Gasteiger partial charge on any atom is 0.375 e. The van der Waals surface area contributed by atoms with Gasteiger partial charge in [0.05, 0.1) is 29.9 Å². The van der Waals surface area contributed by atoms with Gasteiger partial charge in [-0.05, 0) is 115 Å². The van der Waals surface area contributed by atoms with Crippen LogP contribution in [-0.2, 0) is 22.5 Å². The number of hydrogen-bond donors (Lipinski definition) is 3. The number of aliphatic hydroxyl groups is 1. The van der Waals surface area contributed by atoms with Crippen molar-refractivity contribution >= 4 is 23.6 Å². The molecular weight excluding hydrogens is 604 g/mol. The van der Waals surface area contributed by atoms with E-state index in [1.165, 1.54) is 11.8 Å². The van der Waals surface area contributed by atoms with Gasteiger partial charge in [0, 0.05) is 17.6 Å². The first-order valence-corrected chi connectivity index (χ1v) is 17.0. The van der Waals surface area contributed by atoms with Crippen LogP contribution in [-0.4, -0.2) is 38.5 Å². The van der Waals surface area contributed by atoms with Crippen molar-refractivity contribution in [2.75, 3.05) is 5.73 Å². The van der Waals surface area contributed by atoms with E-state index in [1.54, 1.807) is 12.1 Å². The molecule has 9 nitrogen and oxygen atoms in total. The second-order valence-electron chi connectivity index (χ2n) is 14.7. The summed E-state index contributed by atoms with van der Waals surface area (Å²) >= 11 is 0. The van der Waals surface area contributed by atoms with Gasteiger partial charge >= 0.3 is 5.97 Å². The number of ether oxygens (including phenoxy) is 1. The number of nitrogen functional groups attached to an aromatic ring is 1. The Bertz CT molecular complexity index is 1880. The number of carbonyl (C=O) groups excluding carboxylic acids is 2. The number of nitrogens with one attached hydrogen (secondary N) is 1. The lowest BCUT2D eigenvalue weighted by molar-refractivity contribution is -0.182. The minimum atomic E-state index is -1.46. The summed E-state index contributed by atoms with van der Waals surface area (Å²) in [5.41, 5.74) is 9.65. The molecule has 3 unspecified atom stereocenters. The van der Waals surface area contributed by atoms with Crippen LogP contribution in [0.15, 0.2) is 89.2 Å². The SMILES string of the molecule is C[C@]12Cc3cnn(-c4ccc(N)cc4)c3C=C1CCC1C2[C@@H](O)C[C@@]2(C)C1CC[C@]2(OC(=O)c1ccco1)C(=O)NCc1ccccc1. The van der Waals surface area contributed by atoms with Gasteiger partial charge in [-0.2, -0.15) is 5.10 Å². The van der Waals surface area contributed by atoms with Crippen molar-refractivity contribution in [2.24, 2.45) is 28.6 Å². The van der Waals surface area contributed by atoms with E-state index in [0.29, 0.717) is 25.1 Å². The van der Waals surface area contributed by atoms with Crippen molar-refractivity contribution in [2.45, 2.75) is 70.6 Å². The third-order valence-electron chi connectivity index (χ3n) is 12.3. The van der Waals surface area contributed by atoms with Crippen LogP contribution < -0.4 is 11.1 Å². The van der Waals surface area contributed by atoms with Crippen molar-refractivity contribution in [3.8, 4) is 5.69 Å². The van der Waals surface area contributed by atoms with Crippen LogP contribution in [0.1, 0.15) is 73.3 Å². The van der Waals surface area contributed by atoms with Crippen LogP contribution in [0.25, 0.3) is 11.8 Å². The van der Waals surface area contributed by atoms with Crippen molar-refractivity contribution in [1.82, 2.24) is 15.1 Å². The number of nitrogens with zero attached hydrogens (tertiary/aromatic N) is 2. The van der Waals surface area contributed by atoms with Gasteiger partial charge in [-0.15, -0.1) is 0 Å². The molecule has 0 spiro atoms. The Morgan fingerprint density at radius 3 is 2.62 bits per heavy atom. The number of nitrogens with two attached hydrogens (primary N) is 1. The summed E-state index contributed by atoms with van der Waals surface area (Å²) in [6, 6.07) is 20.7. The first kappa shape index (κ1) is 30.7. The van der Waals surface area contributed by atoms with E-state index in [1.807, 2.05) is 65.5 Å². The summed E-state index contributed by atoms with van der Waals surface area (Å²) in [6.45, 7) is 4.68. The molecule has 4 aromatic rings. The van der Waals surface area contributed by atoms with E-state index in [2.05, 4.69) is 25.2 Å². The fraction of sp³-hybridized carbons (Fsp3) is 0.410. The van der Waals surface area contributed by atoms with Crippen LogP contribution in [0.2, 0.25) is 0 Å². The van der Waals surface area contributed by atoms with Gasteiger partial charge in [0.25, 0.3) is 5.91 Å². The molecule has 0 saturated heterocycles. The Morgan fingerprint density at radius 2 is 1.88 bits per heavy atom. The number of esters is 1. The topological polar surface area (TPSA) is 133 Å². The molecule has 3 fully saturated rings. The zero-order valence-electron chi connectivity index (χ0n) is 27.4. The Labute approximate surface area is 280 Å². The van der Waals surface area contributed by atoms with Crippen LogP contribution in [0.3, 0.4) is 0 Å². The van der Waals surface area contributed by atoms with E-state index in [-0.39, 0.29) is 34.8 Å². The Balaban J connectivity index is 1.12. The number of amides is 1. The molecule has 48 heavy (non-hydrogen) atoms. The van der Waals surface area contributed by atoms with E-state index in [9.17, 15) is 14.7 Å². The largest absolute Gasteiger partial charge is 0.457 e. The van der Waals surface area contributed by atoms with Gasteiger partial charge in [0.2, 0.25) is 5.76 Å². The Morgan fingerprint density at radius 1 is 1.08 bits per heavy atom. The molecule has 0 aliphatic heterocycles. The molecule has 8 rings (SSSR count). The van der Waals surface area contributed by atoms with Crippen molar-refractivity contribution in [1.29, 1.82) is 0 Å². The van der Waals surface area contributed by atoms with Crippen molar-refractivity contribution in [3.05, 3.63) is 107 Å². The monoisotopic (exact) mass is 646 g/mol. The number of hydrogen-bond acceptors (Lipinski definition) is 7. The lowest BCUT2D eigenvalue weighted by Gasteiger charge is -2.60. The van der Waals surface area contributed by atoms with Gasteiger partial charge < -0.3 is 25.3 Å². The first-order valence-electron chi connectivity index (χ1n) is 17.0. The third-order valence-corrected chi connectivity index (χ3v) is 12.3. The predicted octanol–water partition coefficient (Wildman–Crippen LogP) is 6.11. The molecule has 2 aromatic carbocycles. The van der Waals surface area contributed by atoms with E-state index in [4.69, 9.17) is 20.0 Å². The van der Waals surface area contributed by atoms with Crippen LogP contribution in [0.5, 0.6) is 0 Å². The number of aromatic nitrogens is 2. The normalized spacial score (nSPS) is 31.9. The van der Waals surface area contributed by atoms with Gasteiger partial charge in [0.1, 0.15) is 0 Å². The summed E-state index contributed by atoms with van der Waals surface area (Å²) in [5, 5.41) is 20.1. The molecule has 2 heterocycles. The minimum Gasteiger partial charge on any atom is -0.457 e. The third kappa shape index (κ3) is 4.58. The molecule has 2 aromatic heterocycles. The number of fused-ring (bicyclic) bond motifs is 6.